The number of phenolic OH excluding ortho intramolecular Hbond substituents is 1. The molecule has 0 aromatic heterocycles. The molecule has 2 aromatic carbocycles. The molecule has 0 fully saturated rings. The molecule has 28 heavy (non-hydrogen) atoms. The molecule has 0 saturated heterocycles. The van der Waals surface area contributed by atoms with Crippen molar-refractivity contribution >= 4 is 11.9 Å². The number of fused-ring (bicyclic) bond motifs is 1. The van der Waals surface area contributed by atoms with E-state index in [1.165, 1.54) is 0 Å². The topological polar surface area (TPSA) is 49.8 Å². The predicted octanol–water partition coefficient (Wildman–Crippen LogP) is 5.41. The van der Waals surface area contributed by atoms with Gasteiger partial charge in [0.25, 0.3) is 0 Å². The van der Waals surface area contributed by atoms with Crippen LogP contribution in [0.25, 0.3) is 6.08 Å². The van der Waals surface area contributed by atoms with Crippen molar-refractivity contribution in [1.29, 1.82) is 0 Å². The van der Waals surface area contributed by atoms with Gasteiger partial charge >= 0.3 is 0 Å². The van der Waals surface area contributed by atoms with E-state index in [-0.39, 0.29) is 11.5 Å². The molecule has 0 unspecified atom stereocenters. The Bertz CT molecular complexity index is 834. The normalized spacial score (nSPS) is 14.5. The fourth-order valence-electron chi connectivity index (χ4n) is 3.41. The van der Waals surface area contributed by atoms with Crippen LogP contribution in [0.3, 0.4) is 0 Å². The molecule has 1 N–H and O–H groups in total. The smallest absolute Gasteiger partial charge is 0.231 e. The molecular formula is C24H29NO3. The number of ether oxygens (including phenoxy) is 1. The van der Waals surface area contributed by atoms with E-state index in [1.54, 1.807) is 18.2 Å². The summed E-state index contributed by atoms with van der Waals surface area (Å²) in [6, 6.07) is 12.9. The summed E-state index contributed by atoms with van der Waals surface area (Å²) in [5.74, 6) is 0.867. The van der Waals surface area contributed by atoms with Crippen LogP contribution in [-0.4, -0.2) is 28.9 Å². The van der Waals surface area contributed by atoms with E-state index in [0.29, 0.717) is 29.2 Å². The Morgan fingerprint density at radius 1 is 1.00 bits per heavy atom. The molecule has 1 heterocycles. The van der Waals surface area contributed by atoms with E-state index in [4.69, 9.17) is 4.74 Å². The largest absolute Gasteiger partial charge is 0.507 e. The highest BCUT2D eigenvalue weighted by molar-refractivity contribution is 6.15. The SMILES string of the molecule is CCCCN(CCCC)Cc1c(O)ccc2c1O/C(=C/c1ccccc1)C2=O. The molecule has 0 aliphatic carbocycles. The molecule has 1 aliphatic heterocycles. The molecular weight excluding hydrogens is 350 g/mol. The van der Waals surface area contributed by atoms with Crippen molar-refractivity contribution in [2.75, 3.05) is 13.1 Å². The Morgan fingerprint density at radius 2 is 1.68 bits per heavy atom. The highest BCUT2D eigenvalue weighted by Crippen LogP contribution is 2.40. The van der Waals surface area contributed by atoms with Gasteiger partial charge in [0, 0.05) is 6.54 Å². The minimum atomic E-state index is -0.131. The van der Waals surface area contributed by atoms with E-state index in [9.17, 15) is 9.90 Å². The number of benzene rings is 2. The summed E-state index contributed by atoms with van der Waals surface area (Å²) in [4.78, 5) is 15.1. The molecule has 0 atom stereocenters. The second-order valence-corrected chi connectivity index (χ2v) is 7.27. The first kappa shape index (κ1) is 20.2. The van der Waals surface area contributed by atoms with E-state index < -0.39 is 0 Å². The number of Topliss-reactive ketones (excluding diaryl/α,β-unsaturated/α-hetero) is 1. The first-order valence-electron chi connectivity index (χ1n) is 10.2. The van der Waals surface area contributed by atoms with Gasteiger partial charge in [-0.05, 0) is 49.7 Å². The van der Waals surface area contributed by atoms with Crippen molar-refractivity contribution in [2.24, 2.45) is 0 Å². The molecule has 0 radical (unpaired) electrons. The number of ketones is 1. The molecule has 148 valence electrons. The van der Waals surface area contributed by atoms with Crippen molar-refractivity contribution in [3.8, 4) is 11.5 Å². The zero-order chi connectivity index (χ0) is 19.9. The average molecular weight is 380 g/mol. The quantitative estimate of drug-likeness (QED) is 0.592. The van der Waals surface area contributed by atoms with Crippen LogP contribution in [0.5, 0.6) is 11.5 Å². The summed E-state index contributed by atoms with van der Waals surface area (Å²) >= 11 is 0. The maximum Gasteiger partial charge on any atom is 0.231 e. The fourth-order valence-corrected chi connectivity index (χ4v) is 3.41. The Morgan fingerprint density at radius 3 is 2.32 bits per heavy atom. The van der Waals surface area contributed by atoms with Crippen molar-refractivity contribution in [3.05, 3.63) is 64.9 Å². The highest BCUT2D eigenvalue weighted by Gasteiger charge is 2.31. The van der Waals surface area contributed by atoms with E-state index in [2.05, 4.69) is 18.7 Å². The molecule has 0 spiro atoms. The van der Waals surface area contributed by atoms with Gasteiger partial charge in [-0.3, -0.25) is 9.69 Å². The summed E-state index contributed by atoms with van der Waals surface area (Å²) in [6.45, 7) is 6.89. The Kier molecular flexibility index (Phi) is 6.88. The lowest BCUT2D eigenvalue weighted by molar-refractivity contribution is 0.101. The second kappa shape index (κ2) is 9.56. The van der Waals surface area contributed by atoms with Gasteiger partial charge in [-0.2, -0.15) is 0 Å². The monoisotopic (exact) mass is 379 g/mol. The van der Waals surface area contributed by atoms with E-state index in [1.807, 2.05) is 30.3 Å². The predicted molar refractivity (Wildman–Crippen MR) is 113 cm³/mol. The third-order valence-electron chi connectivity index (χ3n) is 5.05. The summed E-state index contributed by atoms with van der Waals surface area (Å²) < 4.78 is 5.97. The molecule has 1 aliphatic rings. The lowest BCUT2D eigenvalue weighted by Gasteiger charge is -2.23. The van der Waals surface area contributed by atoms with Gasteiger partial charge in [-0.25, -0.2) is 0 Å². The fraction of sp³-hybridized carbons (Fsp3) is 0.375. The zero-order valence-electron chi connectivity index (χ0n) is 16.8. The van der Waals surface area contributed by atoms with Crippen LogP contribution in [0, 0.1) is 0 Å². The number of allylic oxidation sites excluding steroid dienone is 1. The number of rotatable bonds is 9. The number of hydrogen-bond acceptors (Lipinski definition) is 4. The van der Waals surface area contributed by atoms with Crippen molar-refractivity contribution in [2.45, 2.75) is 46.1 Å². The molecule has 0 saturated carbocycles. The van der Waals surface area contributed by atoms with Gasteiger partial charge in [0.1, 0.15) is 11.5 Å². The number of phenols is 1. The second-order valence-electron chi connectivity index (χ2n) is 7.27. The standard InChI is InChI=1S/C24H29NO3/c1-3-5-14-25(15-6-4-2)17-20-21(26)13-12-19-23(27)22(28-24(19)20)16-18-10-8-7-9-11-18/h7-13,16,26H,3-6,14-15,17H2,1-2H3/b22-16+. The van der Waals surface area contributed by atoms with Crippen LogP contribution < -0.4 is 4.74 Å². The van der Waals surface area contributed by atoms with Gasteiger partial charge < -0.3 is 9.84 Å². The Labute approximate surface area is 167 Å². The summed E-state index contributed by atoms with van der Waals surface area (Å²) in [5, 5.41) is 10.5. The molecule has 3 rings (SSSR count). The Balaban J connectivity index is 1.88. The molecule has 0 amide bonds. The lowest BCUT2D eigenvalue weighted by atomic mass is 10.0. The van der Waals surface area contributed by atoms with Gasteiger partial charge in [-0.15, -0.1) is 0 Å². The minimum absolute atomic E-state index is 0.131. The molecule has 4 heteroatoms. The van der Waals surface area contributed by atoms with E-state index >= 15 is 0 Å². The van der Waals surface area contributed by atoms with Gasteiger partial charge in [0.05, 0.1) is 11.1 Å². The maximum absolute atomic E-state index is 12.8. The van der Waals surface area contributed by atoms with Crippen molar-refractivity contribution in [3.63, 3.8) is 0 Å². The number of hydrogen-bond donors (Lipinski definition) is 1. The number of carbonyl (C=O) groups excluding carboxylic acids is 1. The van der Waals surface area contributed by atoms with Crippen LogP contribution in [0.2, 0.25) is 0 Å². The van der Waals surface area contributed by atoms with Crippen molar-refractivity contribution in [1.82, 2.24) is 4.90 Å². The first-order valence-corrected chi connectivity index (χ1v) is 10.2. The maximum atomic E-state index is 12.8. The van der Waals surface area contributed by atoms with Gasteiger partial charge in [0.15, 0.2) is 5.76 Å². The summed E-state index contributed by atoms with van der Waals surface area (Å²) in [6.07, 6.45) is 6.23. The van der Waals surface area contributed by atoms with Crippen LogP contribution in [0.15, 0.2) is 48.2 Å². The molecule has 0 bridgehead atoms. The highest BCUT2D eigenvalue weighted by atomic mass is 16.5. The third-order valence-corrected chi connectivity index (χ3v) is 5.05. The number of aromatic hydroxyl groups is 1. The van der Waals surface area contributed by atoms with Gasteiger partial charge in [-0.1, -0.05) is 57.0 Å². The zero-order valence-corrected chi connectivity index (χ0v) is 16.8. The average Bonchev–Trinajstić information content (AvgIpc) is 3.02. The van der Waals surface area contributed by atoms with Crippen LogP contribution in [-0.2, 0) is 6.54 Å². The van der Waals surface area contributed by atoms with Crippen LogP contribution >= 0.6 is 0 Å². The van der Waals surface area contributed by atoms with Gasteiger partial charge in [0.2, 0.25) is 5.78 Å². The molecule has 2 aromatic rings. The minimum Gasteiger partial charge on any atom is -0.507 e. The van der Waals surface area contributed by atoms with Crippen LogP contribution in [0.1, 0.15) is 61.0 Å². The van der Waals surface area contributed by atoms with Crippen molar-refractivity contribution < 1.29 is 14.6 Å². The number of unbranched alkanes of at least 4 members (excludes halogenated alkanes) is 2. The first-order chi connectivity index (χ1) is 13.6. The summed E-state index contributed by atoms with van der Waals surface area (Å²) in [7, 11) is 0. The van der Waals surface area contributed by atoms with E-state index in [0.717, 1.165) is 44.3 Å². The summed E-state index contributed by atoms with van der Waals surface area (Å²) in [5.41, 5.74) is 2.15. The lowest BCUT2D eigenvalue weighted by Crippen LogP contribution is -2.25. The number of nitrogens with zero attached hydrogens (tertiary/aromatic N) is 1. The number of carbonyl (C=O) groups is 1. The Hall–Kier alpha value is -2.59. The van der Waals surface area contributed by atoms with Crippen LogP contribution in [0.4, 0.5) is 0 Å². The third kappa shape index (κ3) is 4.63. The molecule has 4 nitrogen and oxygen atoms in total.